The van der Waals surface area contributed by atoms with Gasteiger partial charge in [0.05, 0.1) is 0 Å². The maximum Gasteiger partial charge on any atom is 0.0315 e. The van der Waals surface area contributed by atoms with E-state index in [0.29, 0.717) is 0 Å². The Labute approximate surface area is 131 Å². The predicted octanol–water partition coefficient (Wildman–Crippen LogP) is 5.49. The lowest BCUT2D eigenvalue weighted by atomic mass is 9.46. The Morgan fingerprint density at radius 1 is 0.727 bits per heavy atom. The van der Waals surface area contributed by atoms with Crippen LogP contribution in [0.4, 0.5) is 0 Å². The number of hydrogen-bond donors (Lipinski definition) is 0. The van der Waals surface area contributed by atoms with E-state index in [1.54, 1.807) is 0 Å². The molecule has 0 bridgehead atoms. The summed E-state index contributed by atoms with van der Waals surface area (Å²) < 4.78 is 0. The highest BCUT2D eigenvalue weighted by atomic mass is 14.6. The molecule has 0 saturated heterocycles. The molecule has 1 aromatic rings. The van der Waals surface area contributed by atoms with E-state index in [-0.39, 0.29) is 10.8 Å². The van der Waals surface area contributed by atoms with Gasteiger partial charge in [0.25, 0.3) is 0 Å². The monoisotopic (exact) mass is 282 g/mol. The van der Waals surface area contributed by atoms with Crippen molar-refractivity contribution >= 4 is 11.6 Å². The first-order chi connectivity index (χ1) is 10.7. The molecule has 0 nitrogen and oxygen atoms in total. The van der Waals surface area contributed by atoms with Crippen LogP contribution in [-0.4, -0.2) is 0 Å². The lowest BCUT2D eigenvalue weighted by Gasteiger charge is -2.56. The SMILES string of the molecule is C[C@]12C3=CC=CC1=CC=C1c4ccccc4C=C(C=C3)[C@@]12C. The predicted molar refractivity (Wildman–Crippen MR) is 93.1 cm³/mol. The van der Waals surface area contributed by atoms with Gasteiger partial charge >= 0.3 is 0 Å². The van der Waals surface area contributed by atoms with Crippen molar-refractivity contribution in [3.05, 3.63) is 94.6 Å². The van der Waals surface area contributed by atoms with Gasteiger partial charge in [0.1, 0.15) is 0 Å². The highest BCUT2D eigenvalue weighted by Gasteiger charge is 2.56. The third-order valence-electron chi connectivity index (χ3n) is 6.26. The summed E-state index contributed by atoms with van der Waals surface area (Å²) in [6, 6.07) is 8.78. The summed E-state index contributed by atoms with van der Waals surface area (Å²) in [6.45, 7) is 4.83. The molecule has 0 radical (unpaired) electrons. The molecule has 0 unspecified atom stereocenters. The molecule has 0 saturated carbocycles. The number of benzene rings is 1. The standard InChI is InChI=1S/C22H18/c1-21-16-7-5-8-17(21)12-13-20-19-9-4-3-6-15(19)14-18(11-10-16)22(20,21)2/h3-14H,1-2H3/t21-,22-/m0/s1. The highest BCUT2D eigenvalue weighted by Crippen LogP contribution is 2.67. The third-order valence-corrected chi connectivity index (χ3v) is 6.26. The summed E-state index contributed by atoms with van der Waals surface area (Å²) >= 11 is 0. The van der Waals surface area contributed by atoms with Crippen LogP contribution in [0.3, 0.4) is 0 Å². The van der Waals surface area contributed by atoms with Crippen molar-refractivity contribution in [2.75, 3.05) is 0 Å². The Kier molecular flexibility index (Phi) is 2.06. The summed E-state index contributed by atoms with van der Waals surface area (Å²) in [6.07, 6.45) is 18.4. The van der Waals surface area contributed by atoms with Gasteiger partial charge in [-0.25, -0.2) is 0 Å². The lowest BCUT2D eigenvalue weighted by Crippen LogP contribution is -2.47. The normalized spacial score (nSPS) is 33.2. The van der Waals surface area contributed by atoms with Crippen LogP contribution in [0.25, 0.3) is 11.6 Å². The number of hydrogen-bond acceptors (Lipinski definition) is 0. The molecule has 0 heteroatoms. The molecule has 0 heterocycles. The van der Waals surface area contributed by atoms with Crippen molar-refractivity contribution in [2.24, 2.45) is 10.8 Å². The molecule has 106 valence electrons. The van der Waals surface area contributed by atoms with Gasteiger partial charge in [-0.1, -0.05) is 86.7 Å². The molecule has 22 heavy (non-hydrogen) atoms. The van der Waals surface area contributed by atoms with Crippen LogP contribution in [0.2, 0.25) is 0 Å². The van der Waals surface area contributed by atoms with Gasteiger partial charge < -0.3 is 0 Å². The molecular formula is C22H18. The molecule has 4 aliphatic rings. The van der Waals surface area contributed by atoms with Crippen molar-refractivity contribution < 1.29 is 0 Å². The molecule has 0 amide bonds. The molecule has 2 atom stereocenters. The van der Waals surface area contributed by atoms with Crippen LogP contribution in [0.5, 0.6) is 0 Å². The van der Waals surface area contributed by atoms with Crippen LogP contribution in [0.15, 0.2) is 83.5 Å². The van der Waals surface area contributed by atoms with Gasteiger partial charge in [0.15, 0.2) is 0 Å². The Hall–Kier alpha value is -2.34. The maximum absolute atomic E-state index is 2.42. The summed E-state index contributed by atoms with van der Waals surface area (Å²) in [4.78, 5) is 0. The topological polar surface area (TPSA) is 0 Å². The zero-order valence-electron chi connectivity index (χ0n) is 12.9. The first-order valence-electron chi connectivity index (χ1n) is 7.97. The fourth-order valence-corrected chi connectivity index (χ4v) is 4.76. The molecule has 4 aliphatic carbocycles. The average molecular weight is 282 g/mol. The minimum atomic E-state index is 0.0107. The van der Waals surface area contributed by atoms with Gasteiger partial charge in [-0.15, -0.1) is 0 Å². The van der Waals surface area contributed by atoms with Crippen molar-refractivity contribution in [3.8, 4) is 0 Å². The quantitative estimate of drug-likeness (QED) is 0.590. The van der Waals surface area contributed by atoms with E-state index < -0.39 is 0 Å². The van der Waals surface area contributed by atoms with Crippen molar-refractivity contribution in [2.45, 2.75) is 13.8 Å². The Morgan fingerprint density at radius 3 is 2.41 bits per heavy atom. The van der Waals surface area contributed by atoms with E-state index in [1.807, 2.05) is 0 Å². The van der Waals surface area contributed by atoms with E-state index >= 15 is 0 Å². The van der Waals surface area contributed by atoms with Crippen LogP contribution in [-0.2, 0) is 0 Å². The van der Waals surface area contributed by atoms with Crippen LogP contribution >= 0.6 is 0 Å². The second-order valence-electron chi connectivity index (χ2n) is 6.95. The Morgan fingerprint density at radius 2 is 1.50 bits per heavy atom. The second kappa shape index (κ2) is 3.70. The Bertz CT molecular complexity index is 898. The van der Waals surface area contributed by atoms with E-state index in [0.717, 1.165) is 0 Å². The van der Waals surface area contributed by atoms with E-state index in [9.17, 15) is 0 Å². The maximum atomic E-state index is 2.42. The number of allylic oxidation sites excluding steroid dienone is 11. The molecule has 0 spiro atoms. The zero-order chi connectivity index (χ0) is 14.9. The van der Waals surface area contributed by atoms with Crippen LogP contribution in [0, 0.1) is 10.8 Å². The zero-order valence-corrected chi connectivity index (χ0v) is 12.9. The Balaban J connectivity index is 1.95. The molecular weight excluding hydrogens is 264 g/mol. The second-order valence-corrected chi connectivity index (χ2v) is 6.95. The van der Waals surface area contributed by atoms with E-state index in [2.05, 4.69) is 86.7 Å². The summed E-state index contributed by atoms with van der Waals surface area (Å²) in [7, 11) is 0. The van der Waals surface area contributed by atoms with Crippen molar-refractivity contribution in [1.29, 1.82) is 0 Å². The highest BCUT2D eigenvalue weighted by molar-refractivity contribution is 5.91. The number of rotatable bonds is 0. The molecule has 0 aromatic heterocycles. The van der Waals surface area contributed by atoms with Gasteiger partial charge in [0, 0.05) is 10.8 Å². The van der Waals surface area contributed by atoms with Gasteiger partial charge in [-0.3, -0.25) is 0 Å². The minimum Gasteiger partial charge on any atom is -0.0617 e. The van der Waals surface area contributed by atoms with E-state index in [1.165, 1.54) is 33.4 Å². The minimum absolute atomic E-state index is 0.0107. The summed E-state index contributed by atoms with van der Waals surface area (Å²) in [5, 5.41) is 0. The molecule has 0 N–H and O–H groups in total. The molecule has 0 fully saturated rings. The average Bonchev–Trinajstić information content (AvgIpc) is 2.52. The van der Waals surface area contributed by atoms with Crippen molar-refractivity contribution in [3.63, 3.8) is 0 Å². The third kappa shape index (κ3) is 1.14. The lowest BCUT2D eigenvalue weighted by molar-refractivity contribution is 0.277. The molecule has 1 aromatic carbocycles. The first kappa shape index (κ1) is 12.2. The van der Waals surface area contributed by atoms with Crippen molar-refractivity contribution in [1.82, 2.24) is 0 Å². The largest absolute Gasteiger partial charge is 0.0617 e. The fourth-order valence-electron chi connectivity index (χ4n) is 4.76. The van der Waals surface area contributed by atoms with Crippen LogP contribution < -0.4 is 0 Å². The number of fused-ring (bicyclic) bond motifs is 2. The van der Waals surface area contributed by atoms with Gasteiger partial charge in [-0.2, -0.15) is 0 Å². The first-order valence-corrected chi connectivity index (χ1v) is 7.97. The smallest absolute Gasteiger partial charge is 0.0315 e. The van der Waals surface area contributed by atoms with E-state index in [4.69, 9.17) is 0 Å². The van der Waals surface area contributed by atoms with Gasteiger partial charge in [-0.05, 0) is 33.4 Å². The molecule has 0 aliphatic heterocycles. The summed E-state index contributed by atoms with van der Waals surface area (Å²) in [5.74, 6) is 0. The fraction of sp³-hybridized carbons (Fsp3) is 0.182. The van der Waals surface area contributed by atoms with Gasteiger partial charge in [0.2, 0.25) is 0 Å². The van der Waals surface area contributed by atoms with Crippen LogP contribution in [0.1, 0.15) is 25.0 Å². The summed E-state index contributed by atoms with van der Waals surface area (Å²) in [5.41, 5.74) is 8.49. The molecule has 5 rings (SSSR count).